The third-order valence-corrected chi connectivity index (χ3v) is 3.85. The van der Waals surface area contributed by atoms with Crippen LogP contribution in [0.1, 0.15) is 24.1 Å². The third kappa shape index (κ3) is 3.48. The van der Waals surface area contributed by atoms with Crippen molar-refractivity contribution in [3.63, 3.8) is 0 Å². The quantitative estimate of drug-likeness (QED) is 0.752. The monoisotopic (exact) mass is 341 g/mol. The molecule has 0 bridgehead atoms. The second kappa shape index (κ2) is 5.93. The topological polar surface area (TPSA) is 12.0 Å². The SMILES string of the molecule is Cc1cc(Cl)ccc1NC(C)c1ccc(F)c(Br)c1. The van der Waals surface area contributed by atoms with Gasteiger partial charge in [0.1, 0.15) is 5.82 Å². The molecule has 1 atom stereocenters. The molecule has 2 rings (SSSR count). The first-order valence-corrected chi connectivity index (χ1v) is 7.12. The molecule has 2 aromatic carbocycles. The van der Waals surface area contributed by atoms with Crippen LogP contribution in [0.2, 0.25) is 5.02 Å². The molecule has 0 spiro atoms. The smallest absolute Gasteiger partial charge is 0.137 e. The molecule has 4 heteroatoms. The number of aryl methyl sites for hydroxylation is 1. The summed E-state index contributed by atoms with van der Waals surface area (Å²) in [5, 5.41) is 4.12. The highest BCUT2D eigenvalue weighted by atomic mass is 79.9. The van der Waals surface area contributed by atoms with Crippen molar-refractivity contribution < 1.29 is 4.39 Å². The Morgan fingerprint density at radius 1 is 1.21 bits per heavy atom. The molecule has 100 valence electrons. The summed E-state index contributed by atoms with van der Waals surface area (Å²) >= 11 is 9.14. The van der Waals surface area contributed by atoms with Crippen molar-refractivity contribution in [2.45, 2.75) is 19.9 Å². The summed E-state index contributed by atoms with van der Waals surface area (Å²) in [4.78, 5) is 0. The predicted molar refractivity (Wildman–Crippen MR) is 82.3 cm³/mol. The van der Waals surface area contributed by atoms with Gasteiger partial charge < -0.3 is 5.32 Å². The first-order valence-electron chi connectivity index (χ1n) is 5.95. The lowest BCUT2D eigenvalue weighted by Crippen LogP contribution is -2.07. The average molecular weight is 343 g/mol. The van der Waals surface area contributed by atoms with Crippen LogP contribution < -0.4 is 5.32 Å². The summed E-state index contributed by atoms with van der Waals surface area (Å²) in [5.74, 6) is -0.251. The second-order valence-electron chi connectivity index (χ2n) is 4.50. The first kappa shape index (κ1) is 14.4. The van der Waals surface area contributed by atoms with E-state index in [0.717, 1.165) is 21.8 Å². The Morgan fingerprint density at radius 2 is 1.95 bits per heavy atom. The summed E-state index contributed by atoms with van der Waals surface area (Å²) in [6.07, 6.45) is 0. The first-order chi connectivity index (χ1) is 8.97. The normalized spacial score (nSPS) is 12.3. The largest absolute Gasteiger partial charge is 0.378 e. The molecule has 0 heterocycles. The molecule has 0 aliphatic carbocycles. The number of rotatable bonds is 3. The van der Waals surface area contributed by atoms with E-state index < -0.39 is 0 Å². The maximum Gasteiger partial charge on any atom is 0.137 e. The van der Waals surface area contributed by atoms with Crippen molar-refractivity contribution in [1.82, 2.24) is 0 Å². The number of halogens is 3. The van der Waals surface area contributed by atoms with Gasteiger partial charge in [-0.05, 0) is 71.2 Å². The van der Waals surface area contributed by atoms with Crippen LogP contribution in [0, 0.1) is 12.7 Å². The van der Waals surface area contributed by atoms with Crippen LogP contribution in [0.25, 0.3) is 0 Å². The van der Waals surface area contributed by atoms with Crippen molar-refractivity contribution in [2.75, 3.05) is 5.32 Å². The van der Waals surface area contributed by atoms with Crippen molar-refractivity contribution in [2.24, 2.45) is 0 Å². The molecule has 0 fully saturated rings. The van der Waals surface area contributed by atoms with Crippen molar-refractivity contribution in [3.8, 4) is 0 Å². The molecule has 0 saturated carbocycles. The molecule has 0 aliphatic heterocycles. The fourth-order valence-corrected chi connectivity index (χ4v) is 2.51. The van der Waals surface area contributed by atoms with Gasteiger partial charge >= 0.3 is 0 Å². The highest BCUT2D eigenvalue weighted by Gasteiger charge is 2.09. The molecular weight excluding hydrogens is 329 g/mol. The highest BCUT2D eigenvalue weighted by molar-refractivity contribution is 9.10. The maximum atomic E-state index is 13.2. The maximum absolute atomic E-state index is 13.2. The molecule has 0 amide bonds. The van der Waals surface area contributed by atoms with Gasteiger partial charge in [-0.2, -0.15) is 0 Å². The van der Waals surface area contributed by atoms with Crippen LogP contribution in [0.5, 0.6) is 0 Å². The Kier molecular flexibility index (Phi) is 4.48. The van der Waals surface area contributed by atoms with E-state index >= 15 is 0 Å². The molecule has 0 radical (unpaired) electrons. The second-order valence-corrected chi connectivity index (χ2v) is 5.79. The van der Waals surface area contributed by atoms with E-state index in [9.17, 15) is 4.39 Å². The lowest BCUT2D eigenvalue weighted by molar-refractivity contribution is 0.619. The standard InChI is InChI=1S/C15H14BrClFN/c1-9-7-12(17)4-6-15(9)19-10(2)11-3-5-14(18)13(16)8-11/h3-8,10,19H,1-2H3. The average Bonchev–Trinajstić information content (AvgIpc) is 2.36. The zero-order chi connectivity index (χ0) is 14.0. The molecule has 0 aromatic heterocycles. The summed E-state index contributed by atoms with van der Waals surface area (Å²) in [6.45, 7) is 4.04. The van der Waals surface area contributed by atoms with Gasteiger partial charge in [-0.1, -0.05) is 17.7 Å². The number of benzene rings is 2. The van der Waals surface area contributed by atoms with Gasteiger partial charge in [-0.3, -0.25) is 0 Å². The molecule has 0 saturated heterocycles. The van der Waals surface area contributed by atoms with Gasteiger partial charge in [0, 0.05) is 16.8 Å². The molecular formula is C15H14BrClFN. The number of nitrogens with one attached hydrogen (secondary N) is 1. The molecule has 1 nitrogen and oxygen atoms in total. The van der Waals surface area contributed by atoms with Crippen molar-refractivity contribution in [1.29, 1.82) is 0 Å². The van der Waals surface area contributed by atoms with E-state index in [1.165, 1.54) is 6.07 Å². The zero-order valence-corrected chi connectivity index (χ0v) is 13.0. The lowest BCUT2D eigenvalue weighted by atomic mass is 10.1. The van der Waals surface area contributed by atoms with Gasteiger partial charge in [0.05, 0.1) is 4.47 Å². The van der Waals surface area contributed by atoms with E-state index in [1.807, 2.05) is 32.0 Å². The van der Waals surface area contributed by atoms with Gasteiger partial charge in [0.15, 0.2) is 0 Å². The Balaban J connectivity index is 2.20. The van der Waals surface area contributed by atoms with E-state index in [1.54, 1.807) is 12.1 Å². The summed E-state index contributed by atoms with van der Waals surface area (Å²) in [6, 6.07) is 10.8. The number of hydrogen-bond donors (Lipinski definition) is 1. The van der Waals surface area contributed by atoms with Crippen molar-refractivity contribution >= 4 is 33.2 Å². The van der Waals surface area contributed by atoms with E-state index in [2.05, 4.69) is 21.2 Å². The van der Waals surface area contributed by atoms with Crippen LogP contribution in [0.3, 0.4) is 0 Å². The molecule has 19 heavy (non-hydrogen) atoms. The van der Waals surface area contributed by atoms with E-state index in [0.29, 0.717) is 4.47 Å². The molecule has 1 N–H and O–H groups in total. The van der Waals surface area contributed by atoms with E-state index in [-0.39, 0.29) is 11.9 Å². The zero-order valence-electron chi connectivity index (χ0n) is 10.7. The molecule has 1 unspecified atom stereocenters. The molecule has 2 aromatic rings. The summed E-state index contributed by atoms with van der Waals surface area (Å²) < 4.78 is 13.7. The Morgan fingerprint density at radius 3 is 2.58 bits per heavy atom. The third-order valence-electron chi connectivity index (χ3n) is 3.00. The fourth-order valence-electron chi connectivity index (χ4n) is 1.89. The summed E-state index contributed by atoms with van der Waals surface area (Å²) in [7, 11) is 0. The van der Waals surface area contributed by atoms with Crippen LogP contribution in [-0.2, 0) is 0 Å². The van der Waals surface area contributed by atoms with Crippen LogP contribution in [-0.4, -0.2) is 0 Å². The number of hydrogen-bond acceptors (Lipinski definition) is 1. The highest BCUT2D eigenvalue weighted by Crippen LogP contribution is 2.26. The Labute approximate surface area is 125 Å². The van der Waals surface area contributed by atoms with Gasteiger partial charge in [-0.25, -0.2) is 4.39 Å². The minimum absolute atomic E-state index is 0.0803. The number of anilines is 1. The van der Waals surface area contributed by atoms with Crippen LogP contribution in [0.15, 0.2) is 40.9 Å². The van der Waals surface area contributed by atoms with Gasteiger partial charge in [0.25, 0.3) is 0 Å². The van der Waals surface area contributed by atoms with Crippen LogP contribution in [0.4, 0.5) is 10.1 Å². The lowest BCUT2D eigenvalue weighted by Gasteiger charge is -2.18. The Hall–Kier alpha value is -1.06. The molecule has 0 aliphatic rings. The predicted octanol–water partition coefficient (Wildman–Crippen LogP) is 5.72. The van der Waals surface area contributed by atoms with Crippen LogP contribution >= 0.6 is 27.5 Å². The fraction of sp³-hybridized carbons (Fsp3) is 0.200. The van der Waals surface area contributed by atoms with Crippen molar-refractivity contribution in [3.05, 3.63) is 62.8 Å². The minimum atomic E-state index is -0.251. The Bertz CT molecular complexity index is 601. The van der Waals surface area contributed by atoms with Gasteiger partial charge in [-0.15, -0.1) is 0 Å². The minimum Gasteiger partial charge on any atom is -0.378 e. The van der Waals surface area contributed by atoms with E-state index in [4.69, 9.17) is 11.6 Å². The van der Waals surface area contributed by atoms with Gasteiger partial charge in [0.2, 0.25) is 0 Å². The summed E-state index contributed by atoms with van der Waals surface area (Å²) in [5.41, 5.74) is 3.13.